The second-order valence-corrected chi connectivity index (χ2v) is 9.63. The molecular formula is C33H28O2. The fraction of sp³-hybridized carbons (Fsp3) is 0.182. The number of fused-ring (bicyclic) bond motifs is 5. The van der Waals surface area contributed by atoms with Crippen LogP contribution < -0.4 is 0 Å². The van der Waals surface area contributed by atoms with Gasteiger partial charge in [0.25, 0.3) is 0 Å². The molecule has 172 valence electrons. The number of benzene rings is 5. The molecule has 0 saturated heterocycles. The van der Waals surface area contributed by atoms with Gasteiger partial charge in [-0.05, 0) is 74.7 Å². The number of carbonyl (C=O) groups is 1. The molecule has 0 amide bonds. The van der Waals surface area contributed by atoms with Crippen LogP contribution in [0.25, 0.3) is 21.5 Å². The Kier molecular flexibility index (Phi) is 5.67. The number of ketones is 1. The van der Waals surface area contributed by atoms with Gasteiger partial charge in [-0.15, -0.1) is 0 Å². The number of aliphatic hydroxyl groups excluding tert-OH is 1. The second-order valence-electron chi connectivity index (χ2n) is 9.63. The van der Waals surface area contributed by atoms with Gasteiger partial charge in [0.15, 0.2) is 0 Å². The van der Waals surface area contributed by atoms with E-state index in [9.17, 15) is 9.90 Å². The quantitative estimate of drug-likeness (QED) is 0.289. The van der Waals surface area contributed by atoms with Crippen LogP contribution in [0.5, 0.6) is 0 Å². The molecule has 1 aliphatic rings. The third kappa shape index (κ3) is 3.84. The number of carbonyl (C=O) groups excluding carboxylic acids is 1. The molecule has 0 unspecified atom stereocenters. The molecule has 0 aromatic heterocycles. The maximum absolute atomic E-state index is 14.0. The minimum atomic E-state index is -0.241. The van der Waals surface area contributed by atoms with Crippen molar-refractivity contribution in [3.05, 3.63) is 131 Å². The number of hydrogen-bond donors (Lipinski definition) is 1. The van der Waals surface area contributed by atoms with Crippen LogP contribution in [0.2, 0.25) is 0 Å². The second kappa shape index (κ2) is 9.13. The smallest absolute Gasteiger partial charge is 0.148 e. The van der Waals surface area contributed by atoms with E-state index in [4.69, 9.17) is 0 Å². The molecule has 0 spiro atoms. The fourth-order valence-electron chi connectivity index (χ4n) is 5.95. The van der Waals surface area contributed by atoms with E-state index in [1.165, 1.54) is 27.3 Å². The highest BCUT2D eigenvalue weighted by Crippen LogP contribution is 2.39. The van der Waals surface area contributed by atoms with Crippen LogP contribution in [0.1, 0.15) is 40.2 Å². The van der Waals surface area contributed by atoms with E-state index in [0.29, 0.717) is 5.78 Å². The first kappa shape index (κ1) is 21.8. The maximum Gasteiger partial charge on any atom is 0.148 e. The molecule has 5 aromatic carbocycles. The lowest BCUT2D eigenvalue weighted by molar-refractivity contribution is -0.123. The Balaban J connectivity index is 1.39. The lowest BCUT2D eigenvalue weighted by atomic mass is 9.74. The molecule has 0 bridgehead atoms. The van der Waals surface area contributed by atoms with Crippen LogP contribution in [0.15, 0.2) is 103 Å². The number of aliphatic hydroxyl groups is 1. The Labute approximate surface area is 205 Å². The number of aryl methyl sites for hydroxylation is 1. The summed E-state index contributed by atoms with van der Waals surface area (Å²) in [5.41, 5.74) is 5.69. The van der Waals surface area contributed by atoms with Gasteiger partial charge in [0.05, 0.1) is 12.5 Å². The molecule has 0 radical (unpaired) electrons. The summed E-state index contributed by atoms with van der Waals surface area (Å²) in [6.45, 7) is 0.0249. The summed E-state index contributed by atoms with van der Waals surface area (Å²) in [5, 5.41) is 14.8. The molecule has 1 atom stereocenters. The van der Waals surface area contributed by atoms with E-state index in [-0.39, 0.29) is 18.4 Å². The highest BCUT2D eigenvalue weighted by molar-refractivity contribution is 6.10. The normalized spacial score (nSPS) is 15.4. The van der Waals surface area contributed by atoms with Gasteiger partial charge in [0.1, 0.15) is 5.78 Å². The van der Waals surface area contributed by atoms with Gasteiger partial charge in [0, 0.05) is 5.92 Å². The van der Waals surface area contributed by atoms with Crippen molar-refractivity contribution in [2.24, 2.45) is 5.92 Å². The third-order valence-corrected chi connectivity index (χ3v) is 7.67. The highest BCUT2D eigenvalue weighted by atomic mass is 16.3. The summed E-state index contributed by atoms with van der Waals surface area (Å²) in [5.74, 6) is 0.0557. The SMILES string of the molecule is O=C(C(c1ccccc1)c1ccccc1)[C@H]1CCc2c(ccc3c2cc(CO)c2ccccc23)C1. The Morgan fingerprint density at radius 2 is 1.34 bits per heavy atom. The summed E-state index contributed by atoms with van der Waals surface area (Å²) in [4.78, 5) is 14.0. The molecule has 35 heavy (non-hydrogen) atoms. The topological polar surface area (TPSA) is 37.3 Å². The predicted molar refractivity (Wildman–Crippen MR) is 143 cm³/mol. The van der Waals surface area contributed by atoms with Gasteiger partial charge in [0.2, 0.25) is 0 Å². The summed E-state index contributed by atoms with van der Waals surface area (Å²) < 4.78 is 0. The molecule has 1 N–H and O–H groups in total. The van der Waals surface area contributed by atoms with Gasteiger partial charge in [-0.1, -0.05) is 97.1 Å². The molecule has 2 nitrogen and oxygen atoms in total. The summed E-state index contributed by atoms with van der Waals surface area (Å²) in [6.07, 6.45) is 2.49. The molecule has 5 aromatic rings. The Bertz CT molecular complexity index is 1480. The van der Waals surface area contributed by atoms with Crippen molar-refractivity contribution in [2.45, 2.75) is 31.8 Å². The minimum Gasteiger partial charge on any atom is -0.392 e. The van der Waals surface area contributed by atoms with Crippen LogP contribution in [-0.4, -0.2) is 10.9 Å². The Morgan fingerprint density at radius 3 is 2.00 bits per heavy atom. The zero-order valence-corrected chi connectivity index (χ0v) is 19.7. The van der Waals surface area contributed by atoms with Gasteiger partial charge >= 0.3 is 0 Å². The number of rotatable bonds is 5. The third-order valence-electron chi connectivity index (χ3n) is 7.67. The van der Waals surface area contributed by atoms with Crippen molar-refractivity contribution in [3.8, 4) is 0 Å². The lowest BCUT2D eigenvalue weighted by Crippen LogP contribution is -2.28. The molecule has 0 fully saturated rings. The first-order chi connectivity index (χ1) is 17.2. The van der Waals surface area contributed by atoms with Crippen molar-refractivity contribution in [1.82, 2.24) is 0 Å². The Morgan fingerprint density at radius 1 is 0.743 bits per heavy atom. The average molecular weight is 457 g/mol. The van der Waals surface area contributed by atoms with E-state index in [1.54, 1.807) is 0 Å². The van der Waals surface area contributed by atoms with Crippen molar-refractivity contribution in [2.75, 3.05) is 0 Å². The van der Waals surface area contributed by atoms with Crippen molar-refractivity contribution in [3.63, 3.8) is 0 Å². The summed E-state index contributed by atoms with van der Waals surface area (Å²) in [6, 6.07) is 35.3. The molecule has 0 saturated carbocycles. The first-order valence-corrected chi connectivity index (χ1v) is 12.4. The van der Waals surface area contributed by atoms with Crippen LogP contribution in [-0.2, 0) is 24.2 Å². The van der Waals surface area contributed by atoms with Crippen LogP contribution >= 0.6 is 0 Å². The predicted octanol–water partition coefficient (Wildman–Crippen LogP) is 6.99. The van der Waals surface area contributed by atoms with Crippen LogP contribution in [0.4, 0.5) is 0 Å². The molecule has 0 aliphatic heterocycles. The van der Waals surface area contributed by atoms with Gasteiger partial charge in [-0.25, -0.2) is 0 Å². The average Bonchev–Trinajstić information content (AvgIpc) is 2.93. The Hall–Kier alpha value is -3.75. The molecule has 6 rings (SSSR count). The zero-order chi connectivity index (χ0) is 23.8. The molecule has 1 aliphatic carbocycles. The fourth-order valence-corrected chi connectivity index (χ4v) is 5.95. The highest BCUT2D eigenvalue weighted by Gasteiger charge is 2.32. The van der Waals surface area contributed by atoms with E-state index in [1.807, 2.05) is 42.5 Å². The van der Waals surface area contributed by atoms with E-state index < -0.39 is 0 Å². The van der Waals surface area contributed by atoms with Gasteiger partial charge < -0.3 is 5.11 Å². The minimum absolute atomic E-state index is 0.0110. The molecule has 0 heterocycles. The van der Waals surface area contributed by atoms with Crippen molar-refractivity contribution < 1.29 is 9.90 Å². The van der Waals surface area contributed by atoms with Crippen LogP contribution in [0.3, 0.4) is 0 Å². The first-order valence-electron chi connectivity index (χ1n) is 12.4. The van der Waals surface area contributed by atoms with E-state index in [2.05, 4.69) is 60.7 Å². The van der Waals surface area contributed by atoms with Crippen LogP contribution in [0, 0.1) is 5.92 Å². The zero-order valence-electron chi connectivity index (χ0n) is 19.7. The monoisotopic (exact) mass is 456 g/mol. The van der Waals surface area contributed by atoms with Crippen molar-refractivity contribution in [1.29, 1.82) is 0 Å². The maximum atomic E-state index is 14.0. The standard InChI is InChI=1S/C33H28O2/c34-21-26-20-31-28-17-16-25(19-24(28)15-18-30(31)29-14-8-7-13-27(26)29)33(35)32(22-9-3-1-4-10-22)23-11-5-2-6-12-23/h1-15,18,20,25,32,34H,16-17,19,21H2/t25-/m0/s1. The van der Waals surface area contributed by atoms with Crippen molar-refractivity contribution >= 4 is 27.3 Å². The largest absolute Gasteiger partial charge is 0.392 e. The molecular weight excluding hydrogens is 428 g/mol. The summed E-state index contributed by atoms with van der Waals surface area (Å²) in [7, 11) is 0. The van der Waals surface area contributed by atoms with Gasteiger partial charge in [-0.3, -0.25) is 4.79 Å². The number of hydrogen-bond acceptors (Lipinski definition) is 2. The van der Waals surface area contributed by atoms with E-state index >= 15 is 0 Å². The van der Waals surface area contributed by atoms with Gasteiger partial charge in [-0.2, -0.15) is 0 Å². The number of Topliss-reactive ketones (excluding diaryl/α,β-unsaturated/α-hetero) is 1. The molecule has 2 heteroatoms. The summed E-state index contributed by atoms with van der Waals surface area (Å²) >= 11 is 0. The lowest BCUT2D eigenvalue weighted by Gasteiger charge is -2.29. The van der Waals surface area contributed by atoms with E-state index in [0.717, 1.165) is 41.3 Å².